The lowest BCUT2D eigenvalue weighted by atomic mass is 10.1. The van der Waals surface area contributed by atoms with E-state index in [2.05, 4.69) is 15.6 Å². The second-order valence-corrected chi connectivity index (χ2v) is 10.7. The number of sulfone groups is 1. The molecule has 0 aromatic carbocycles. The number of sulfonamides is 1. The van der Waals surface area contributed by atoms with Crippen LogP contribution in [0.25, 0.3) is 0 Å². The minimum absolute atomic E-state index is 0.0595. The predicted octanol–water partition coefficient (Wildman–Crippen LogP) is -0.600. The van der Waals surface area contributed by atoms with Crippen molar-refractivity contribution in [1.82, 2.24) is 14.9 Å². The van der Waals surface area contributed by atoms with Crippen LogP contribution in [0.4, 0.5) is 0 Å². The molecule has 0 aromatic rings. The van der Waals surface area contributed by atoms with E-state index >= 15 is 0 Å². The number of aliphatic imine (C=N–C) groups is 1. The first kappa shape index (κ1) is 19.5. The van der Waals surface area contributed by atoms with Crippen LogP contribution in [0.3, 0.4) is 0 Å². The summed E-state index contributed by atoms with van der Waals surface area (Å²) in [6.45, 7) is 4.18. The standard InChI is InChI=1S/C14H28N4O4S2/c1-3-15-14(16-9-12-6-8-24(21,22)11-12)17-10-13-5-4-7-18(13)23(2,19)20/h12-13H,3-11H2,1-2H3,(H2,15,16,17)/t12?,13-/m1/s1. The van der Waals surface area contributed by atoms with Crippen molar-refractivity contribution in [2.75, 3.05) is 43.9 Å². The highest BCUT2D eigenvalue weighted by atomic mass is 32.2. The Morgan fingerprint density at radius 3 is 2.62 bits per heavy atom. The van der Waals surface area contributed by atoms with Crippen LogP contribution in [0.2, 0.25) is 0 Å². The quantitative estimate of drug-likeness (QED) is 0.471. The van der Waals surface area contributed by atoms with Crippen LogP contribution < -0.4 is 10.6 Å². The van der Waals surface area contributed by atoms with Gasteiger partial charge in [0.1, 0.15) is 0 Å². The summed E-state index contributed by atoms with van der Waals surface area (Å²) in [5.41, 5.74) is 0. The number of guanidine groups is 1. The molecule has 2 aliphatic heterocycles. The molecule has 0 aliphatic carbocycles. The molecule has 0 spiro atoms. The summed E-state index contributed by atoms with van der Waals surface area (Å²) >= 11 is 0. The first-order valence-corrected chi connectivity index (χ1v) is 12.1. The Morgan fingerprint density at radius 1 is 1.29 bits per heavy atom. The molecule has 10 heteroatoms. The average Bonchev–Trinajstić information content (AvgIpc) is 3.07. The smallest absolute Gasteiger partial charge is 0.211 e. The summed E-state index contributed by atoms with van der Waals surface area (Å²) in [5.74, 6) is 1.15. The Kier molecular flexibility index (Phi) is 6.49. The summed E-state index contributed by atoms with van der Waals surface area (Å²) in [6, 6.07) is -0.0595. The highest BCUT2D eigenvalue weighted by Gasteiger charge is 2.31. The molecule has 24 heavy (non-hydrogen) atoms. The molecular weight excluding hydrogens is 352 g/mol. The third-order valence-electron chi connectivity index (χ3n) is 4.43. The fourth-order valence-corrected chi connectivity index (χ4v) is 6.27. The zero-order valence-corrected chi connectivity index (χ0v) is 16.0. The van der Waals surface area contributed by atoms with E-state index in [0.29, 0.717) is 38.6 Å². The molecule has 2 N–H and O–H groups in total. The Hall–Kier alpha value is -0.870. The Labute approximate surface area is 145 Å². The number of rotatable bonds is 6. The van der Waals surface area contributed by atoms with Gasteiger partial charge in [0.2, 0.25) is 10.0 Å². The first-order chi connectivity index (χ1) is 11.2. The molecule has 2 fully saturated rings. The van der Waals surface area contributed by atoms with Crippen LogP contribution >= 0.6 is 0 Å². The van der Waals surface area contributed by atoms with Crippen molar-refractivity contribution < 1.29 is 16.8 Å². The largest absolute Gasteiger partial charge is 0.357 e. The lowest BCUT2D eigenvalue weighted by molar-refractivity contribution is 0.387. The van der Waals surface area contributed by atoms with E-state index in [9.17, 15) is 16.8 Å². The molecule has 0 bridgehead atoms. The summed E-state index contributed by atoms with van der Waals surface area (Å²) < 4.78 is 48.1. The average molecular weight is 381 g/mol. The van der Waals surface area contributed by atoms with Crippen LogP contribution in [0.15, 0.2) is 4.99 Å². The van der Waals surface area contributed by atoms with E-state index < -0.39 is 19.9 Å². The fraction of sp³-hybridized carbons (Fsp3) is 0.929. The van der Waals surface area contributed by atoms with E-state index in [1.807, 2.05) is 6.92 Å². The van der Waals surface area contributed by atoms with Gasteiger partial charge in [0.15, 0.2) is 15.8 Å². The summed E-state index contributed by atoms with van der Waals surface area (Å²) in [6.07, 6.45) is 3.61. The minimum Gasteiger partial charge on any atom is -0.357 e. The van der Waals surface area contributed by atoms with Gasteiger partial charge in [-0.05, 0) is 32.1 Å². The Bertz CT molecular complexity index is 660. The fourth-order valence-electron chi connectivity index (χ4n) is 3.24. The van der Waals surface area contributed by atoms with Gasteiger partial charge >= 0.3 is 0 Å². The second kappa shape index (κ2) is 8.01. The van der Waals surface area contributed by atoms with Gasteiger partial charge in [0, 0.05) is 32.2 Å². The van der Waals surface area contributed by atoms with E-state index in [1.165, 1.54) is 10.6 Å². The van der Waals surface area contributed by atoms with Crippen LogP contribution in [0, 0.1) is 5.92 Å². The number of nitrogens with one attached hydrogen (secondary N) is 2. The van der Waals surface area contributed by atoms with Crippen molar-refractivity contribution in [3.63, 3.8) is 0 Å². The molecule has 8 nitrogen and oxygen atoms in total. The molecule has 2 rings (SSSR count). The zero-order valence-electron chi connectivity index (χ0n) is 14.4. The Balaban J connectivity index is 1.90. The number of nitrogens with zero attached hydrogens (tertiary/aromatic N) is 2. The van der Waals surface area contributed by atoms with Crippen molar-refractivity contribution in [3.05, 3.63) is 0 Å². The maximum Gasteiger partial charge on any atom is 0.211 e. The van der Waals surface area contributed by atoms with Crippen LogP contribution in [-0.2, 0) is 19.9 Å². The van der Waals surface area contributed by atoms with E-state index in [1.54, 1.807) is 0 Å². The van der Waals surface area contributed by atoms with Gasteiger partial charge in [0.25, 0.3) is 0 Å². The third-order valence-corrected chi connectivity index (χ3v) is 7.60. The van der Waals surface area contributed by atoms with E-state index in [0.717, 1.165) is 12.8 Å². The number of hydrogen-bond donors (Lipinski definition) is 2. The summed E-state index contributed by atoms with van der Waals surface area (Å²) in [4.78, 5) is 4.47. The monoisotopic (exact) mass is 380 g/mol. The molecule has 2 saturated heterocycles. The molecular formula is C14H28N4O4S2. The van der Waals surface area contributed by atoms with Gasteiger partial charge in [-0.1, -0.05) is 0 Å². The van der Waals surface area contributed by atoms with Gasteiger partial charge in [-0.25, -0.2) is 16.8 Å². The van der Waals surface area contributed by atoms with Crippen molar-refractivity contribution in [2.24, 2.45) is 10.9 Å². The van der Waals surface area contributed by atoms with Crippen molar-refractivity contribution in [1.29, 1.82) is 0 Å². The van der Waals surface area contributed by atoms with Gasteiger partial charge < -0.3 is 10.6 Å². The lowest BCUT2D eigenvalue weighted by Crippen LogP contribution is -2.46. The maximum absolute atomic E-state index is 11.8. The highest BCUT2D eigenvalue weighted by Crippen LogP contribution is 2.20. The normalized spacial score (nSPS) is 28.2. The topological polar surface area (TPSA) is 108 Å². The maximum atomic E-state index is 11.8. The van der Waals surface area contributed by atoms with Crippen molar-refractivity contribution in [3.8, 4) is 0 Å². The Morgan fingerprint density at radius 2 is 2.04 bits per heavy atom. The van der Waals surface area contributed by atoms with Gasteiger partial charge in [-0.15, -0.1) is 0 Å². The van der Waals surface area contributed by atoms with Gasteiger partial charge in [-0.2, -0.15) is 4.31 Å². The summed E-state index contributed by atoms with van der Waals surface area (Å²) in [5, 5.41) is 6.32. The number of hydrogen-bond acceptors (Lipinski definition) is 5. The molecule has 0 radical (unpaired) electrons. The molecule has 140 valence electrons. The van der Waals surface area contributed by atoms with Gasteiger partial charge in [-0.3, -0.25) is 4.99 Å². The molecule has 0 amide bonds. The summed E-state index contributed by atoms with van der Waals surface area (Å²) in [7, 11) is -6.07. The van der Waals surface area contributed by atoms with Gasteiger partial charge in [0.05, 0.1) is 17.8 Å². The van der Waals surface area contributed by atoms with E-state index in [-0.39, 0.29) is 23.5 Å². The molecule has 0 aromatic heterocycles. The van der Waals surface area contributed by atoms with E-state index in [4.69, 9.17) is 0 Å². The van der Waals surface area contributed by atoms with Crippen molar-refractivity contribution >= 4 is 25.8 Å². The van der Waals surface area contributed by atoms with Crippen LogP contribution in [0.1, 0.15) is 26.2 Å². The molecule has 0 saturated carbocycles. The highest BCUT2D eigenvalue weighted by molar-refractivity contribution is 7.91. The van der Waals surface area contributed by atoms with Crippen LogP contribution in [-0.4, -0.2) is 77.1 Å². The zero-order chi connectivity index (χ0) is 17.8. The SMILES string of the molecule is CCNC(=NCC1CCS(=O)(=O)C1)NC[C@H]1CCCN1S(C)(=O)=O. The van der Waals surface area contributed by atoms with Crippen LogP contribution in [0.5, 0.6) is 0 Å². The molecule has 2 atom stereocenters. The first-order valence-electron chi connectivity index (χ1n) is 8.40. The second-order valence-electron chi connectivity index (χ2n) is 6.54. The molecule has 1 unspecified atom stereocenters. The lowest BCUT2D eigenvalue weighted by Gasteiger charge is -2.23. The third kappa shape index (κ3) is 5.59. The predicted molar refractivity (Wildman–Crippen MR) is 95.3 cm³/mol. The molecule has 2 aliphatic rings. The molecule has 2 heterocycles. The van der Waals surface area contributed by atoms with Crippen molar-refractivity contribution in [2.45, 2.75) is 32.2 Å². The minimum atomic E-state index is -3.18.